The standard InChI is InChI=1S/C16H19N5O2/c1-10(2)17-16(23)19-15-9-8-14(20-21-15)18-13-6-4-12(5-7-13)11(3)22/h4-10H,1-3H3,(H,18,20)(H2,17,19,21,23). The van der Waals surface area contributed by atoms with Crippen LogP contribution in [0.3, 0.4) is 0 Å². The Morgan fingerprint density at radius 2 is 1.57 bits per heavy atom. The highest BCUT2D eigenvalue weighted by Gasteiger charge is 2.05. The molecule has 7 nitrogen and oxygen atoms in total. The monoisotopic (exact) mass is 313 g/mol. The summed E-state index contributed by atoms with van der Waals surface area (Å²) in [6, 6.07) is 10.1. The molecule has 0 atom stereocenters. The highest BCUT2D eigenvalue weighted by atomic mass is 16.2. The first-order valence-corrected chi connectivity index (χ1v) is 7.23. The Balaban J connectivity index is 1.97. The quantitative estimate of drug-likeness (QED) is 0.738. The van der Waals surface area contributed by atoms with Crippen molar-refractivity contribution in [2.24, 2.45) is 0 Å². The Hall–Kier alpha value is -2.96. The third kappa shape index (κ3) is 5.06. The van der Waals surface area contributed by atoms with Crippen LogP contribution in [0.4, 0.5) is 22.1 Å². The van der Waals surface area contributed by atoms with Gasteiger partial charge in [0.2, 0.25) is 0 Å². The van der Waals surface area contributed by atoms with Gasteiger partial charge in [0, 0.05) is 17.3 Å². The fourth-order valence-corrected chi connectivity index (χ4v) is 1.82. The van der Waals surface area contributed by atoms with Crippen LogP contribution in [0.2, 0.25) is 0 Å². The number of carbonyl (C=O) groups excluding carboxylic acids is 2. The molecule has 0 saturated heterocycles. The molecule has 2 aromatic rings. The minimum absolute atomic E-state index is 0.0199. The normalized spacial score (nSPS) is 10.3. The number of Topliss-reactive ketones (excluding diaryl/α,β-unsaturated/α-hetero) is 1. The number of hydrogen-bond acceptors (Lipinski definition) is 5. The lowest BCUT2D eigenvalue weighted by atomic mass is 10.1. The number of anilines is 3. The van der Waals surface area contributed by atoms with Crippen molar-refractivity contribution in [1.29, 1.82) is 0 Å². The van der Waals surface area contributed by atoms with Crippen molar-refractivity contribution in [2.45, 2.75) is 26.8 Å². The van der Waals surface area contributed by atoms with Gasteiger partial charge >= 0.3 is 6.03 Å². The molecular weight excluding hydrogens is 294 g/mol. The van der Waals surface area contributed by atoms with Crippen molar-refractivity contribution in [3.05, 3.63) is 42.0 Å². The molecule has 0 unspecified atom stereocenters. The molecule has 1 aromatic carbocycles. The van der Waals surface area contributed by atoms with Crippen LogP contribution < -0.4 is 16.0 Å². The number of nitrogens with zero attached hydrogens (tertiary/aromatic N) is 2. The van der Waals surface area contributed by atoms with Crippen LogP contribution in [0.1, 0.15) is 31.1 Å². The van der Waals surface area contributed by atoms with Crippen LogP contribution >= 0.6 is 0 Å². The van der Waals surface area contributed by atoms with Crippen molar-refractivity contribution in [3.63, 3.8) is 0 Å². The summed E-state index contributed by atoms with van der Waals surface area (Å²) >= 11 is 0. The Morgan fingerprint density at radius 1 is 0.957 bits per heavy atom. The molecule has 23 heavy (non-hydrogen) atoms. The summed E-state index contributed by atoms with van der Waals surface area (Å²) in [4.78, 5) is 22.8. The molecule has 0 spiro atoms. The van der Waals surface area contributed by atoms with Gasteiger partial charge in [-0.1, -0.05) is 0 Å². The maximum Gasteiger partial charge on any atom is 0.320 e. The third-order valence-corrected chi connectivity index (χ3v) is 2.89. The predicted molar refractivity (Wildman–Crippen MR) is 89.1 cm³/mol. The minimum Gasteiger partial charge on any atom is -0.339 e. The first-order valence-electron chi connectivity index (χ1n) is 7.23. The van der Waals surface area contributed by atoms with Crippen molar-refractivity contribution >= 4 is 29.1 Å². The second-order valence-electron chi connectivity index (χ2n) is 5.32. The van der Waals surface area contributed by atoms with Crippen molar-refractivity contribution < 1.29 is 9.59 Å². The molecule has 0 bridgehead atoms. The second kappa shape index (κ2) is 7.35. The summed E-state index contributed by atoms with van der Waals surface area (Å²) < 4.78 is 0. The van der Waals surface area contributed by atoms with Gasteiger partial charge in [-0.2, -0.15) is 0 Å². The second-order valence-corrected chi connectivity index (χ2v) is 5.32. The van der Waals surface area contributed by atoms with E-state index in [0.29, 0.717) is 17.2 Å². The van der Waals surface area contributed by atoms with E-state index < -0.39 is 0 Å². The summed E-state index contributed by atoms with van der Waals surface area (Å²) in [5.41, 5.74) is 1.44. The van der Waals surface area contributed by atoms with Crippen LogP contribution in [0.5, 0.6) is 0 Å². The molecule has 0 aliphatic rings. The van der Waals surface area contributed by atoms with Crippen molar-refractivity contribution in [3.8, 4) is 0 Å². The average Bonchev–Trinajstić information content (AvgIpc) is 2.49. The lowest BCUT2D eigenvalue weighted by Crippen LogP contribution is -2.34. The fourth-order valence-electron chi connectivity index (χ4n) is 1.82. The summed E-state index contributed by atoms with van der Waals surface area (Å²) in [6.45, 7) is 5.26. The van der Waals surface area contributed by atoms with Gasteiger partial charge < -0.3 is 10.6 Å². The number of aromatic nitrogens is 2. The van der Waals surface area contributed by atoms with Gasteiger partial charge in [0.25, 0.3) is 0 Å². The summed E-state index contributed by atoms with van der Waals surface area (Å²) in [7, 11) is 0. The molecule has 2 rings (SSSR count). The van der Waals surface area contributed by atoms with Gasteiger partial charge in [0.15, 0.2) is 17.4 Å². The molecule has 0 radical (unpaired) electrons. The molecule has 0 aliphatic heterocycles. The molecule has 120 valence electrons. The Morgan fingerprint density at radius 3 is 2.09 bits per heavy atom. The van der Waals surface area contributed by atoms with Gasteiger partial charge in [-0.05, 0) is 57.2 Å². The van der Waals surface area contributed by atoms with Crippen molar-refractivity contribution in [2.75, 3.05) is 10.6 Å². The van der Waals surface area contributed by atoms with Gasteiger partial charge in [-0.3, -0.25) is 10.1 Å². The van der Waals surface area contributed by atoms with Crippen LogP contribution in [-0.2, 0) is 0 Å². The molecular formula is C16H19N5O2. The van der Waals surface area contributed by atoms with E-state index in [-0.39, 0.29) is 17.9 Å². The van der Waals surface area contributed by atoms with E-state index in [1.54, 1.807) is 36.4 Å². The lowest BCUT2D eigenvalue weighted by molar-refractivity contribution is 0.101. The Kier molecular flexibility index (Phi) is 5.24. The van der Waals surface area contributed by atoms with Gasteiger partial charge in [-0.15, -0.1) is 10.2 Å². The van der Waals surface area contributed by atoms with Crippen LogP contribution in [0.15, 0.2) is 36.4 Å². The number of carbonyl (C=O) groups is 2. The number of ketones is 1. The average molecular weight is 313 g/mol. The largest absolute Gasteiger partial charge is 0.339 e. The highest BCUT2D eigenvalue weighted by Crippen LogP contribution is 2.15. The maximum atomic E-state index is 11.6. The zero-order valence-electron chi connectivity index (χ0n) is 13.3. The molecule has 0 fully saturated rings. The van der Waals surface area contributed by atoms with E-state index in [4.69, 9.17) is 0 Å². The smallest absolute Gasteiger partial charge is 0.320 e. The molecule has 0 saturated carbocycles. The van der Waals surface area contributed by atoms with E-state index in [0.717, 1.165) is 5.69 Å². The molecule has 1 aromatic heterocycles. The first kappa shape index (κ1) is 16.4. The van der Waals surface area contributed by atoms with Gasteiger partial charge in [0.1, 0.15) is 0 Å². The van der Waals surface area contributed by atoms with E-state index >= 15 is 0 Å². The van der Waals surface area contributed by atoms with E-state index in [2.05, 4.69) is 26.1 Å². The molecule has 3 N–H and O–H groups in total. The molecule has 0 aliphatic carbocycles. The third-order valence-electron chi connectivity index (χ3n) is 2.89. The number of amides is 2. The van der Waals surface area contributed by atoms with Gasteiger partial charge in [0.05, 0.1) is 0 Å². The summed E-state index contributed by atoms with van der Waals surface area (Å²) in [5, 5.41) is 16.3. The van der Waals surface area contributed by atoms with Crippen LogP contribution in [-0.4, -0.2) is 28.1 Å². The number of hydrogen-bond donors (Lipinski definition) is 3. The Bertz CT molecular complexity index is 681. The van der Waals surface area contributed by atoms with E-state index in [1.165, 1.54) is 6.92 Å². The minimum atomic E-state index is -0.324. The lowest BCUT2D eigenvalue weighted by Gasteiger charge is -2.10. The zero-order valence-corrected chi connectivity index (χ0v) is 13.3. The maximum absolute atomic E-state index is 11.6. The highest BCUT2D eigenvalue weighted by molar-refractivity contribution is 5.94. The first-order chi connectivity index (χ1) is 10.9. The summed E-state index contributed by atoms with van der Waals surface area (Å²) in [6.07, 6.45) is 0. The number of rotatable bonds is 5. The molecule has 2 amide bonds. The molecule has 1 heterocycles. The number of benzene rings is 1. The van der Waals surface area contributed by atoms with E-state index in [9.17, 15) is 9.59 Å². The van der Waals surface area contributed by atoms with Crippen molar-refractivity contribution in [1.82, 2.24) is 15.5 Å². The molecule has 7 heteroatoms. The number of nitrogens with one attached hydrogen (secondary N) is 3. The van der Waals surface area contributed by atoms with Gasteiger partial charge in [-0.25, -0.2) is 4.79 Å². The van der Waals surface area contributed by atoms with Crippen LogP contribution in [0.25, 0.3) is 0 Å². The fraction of sp³-hybridized carbons (Fsp3) is 0.250. The Labute approximate surface area is 134 Å². The predicted octanol–water partition coefficient (Wildman–Crippen LogP) is 2.95. The summed E-state index contributed by atoms with van der Waals surface area (Å²) in [5.74, 6) is 0.919. The van der Waals surface area contributed by atoms with Crippen LogP contribution in [0, 0.1) is 0 Å². The van der Waals surface area contributed by atoms with E-state index in [1.807, 2.05) is 13.8 Å². The topological polar surface area (TPSA) is 96.0 Å². The number of urea groups is 1. The SMILES string of the molecule is CC(=O)c1ccc(Nc2ccc(NC(=O)NC(C)C)nn2)cc1. The zero-order chi connectivity index (χ0) is 16.8.